The molecule has 2 heterocycles. The van der Waals surface area contributed by atoms with Crippen LogP contribution in [-0.4, -0.2) is 57.7 Å². The molecule has 10 heteroatoms. The Bertz CT molecular complexity index is 1040. The van der Waals surface area contributed by atoms with Crippen LogP contribution in [0.2, 0.25) is 0 Å². The van der Waals surface area contributed by atoms with E-state index in [4.69, 9.17) is 14.5 Å². The fourth-order valence-corrected chi connectivity index (χ4v) is 3.67. The van der Waals surface area contributed by atoms with Gasteiger partial charge < -0.3 is 20.1 Å². The Morgan fingerprint density at radius 2 is 2.00 bits per heavy atom. The third-order valence-electron chi connectivity index (χ3n) is 4.41. The molecule has 0 spiro atoms. The molecule has 0 aliphatic rings. The minimum absolute atomic E-state index is 0.0946. The van der Waals surface area contributed by atoms with Crippen LogP contribution in [0.25, 0.3) is 11.0 Å². The lowest BCUT2D eigenvalue weighted by Crippen LogP contribution is -2.31. The van der Waals surface area contributed by atoms with Gasteiger partial charge in [0.1, 0.15) is 5.82 Å². The highest BCUT2D eigenvalue weighted by Gasteiger charge is 2.14. The van der Waals surface area contributed by atoms with Crippen LogP contribution >= 0.6 is 11.8 Å². The van der Waals surface area contributed by atoms with Gasteiger partial charge >= 0.3 is 0 Å². The van der Waals surface area contributed by atoms with Crippen molar-refractivity contribution in [3.05, 3.63) is 30.5 Å². The van der Waals surface area contributed by atoms with Gasteiger partial charge in [-0.15, -0.1) is 0 Å². The molecule has 1 amide bonds. The summed E-state index contributed by atoms with van der Waals surface area (Å²) in [5.41, 5.74) is 0.751. The summed E-state index contributed by atoms with van der Waals surface area (Å²) in [5, 5.41) is 12.3. The van der Waals surface area contributed by atoms with Gasteiger partial charge in [0.25, 0.3) is 5.91 Å². The fourth-order valence-electron chi connectivity index (χ4n) is 2.97. The predicted molar refractivity (Wildman–Crippen MR) is 127 cm³/mol. The van der Waals surface area contributed by atoms with Crippen molar-refractivity contribution in [3.8, 4) is 11.5 Å². The summed E-state index contributed by atoms with van der Waals surface area (Å²) in [6, 6.07) is 7.46. The Morgan fingerprint density at radius 3 is 2.72 bits per heavy atom. The first-order valence-electron chi connectivity index (χ1n) is 10.7. The molecule has 0 fully saturated rings. The van der Waals surface area contributed by atoms with Crippen molar-refractivity contribution in [1.82, 2.24) is 25.1 Å². The number of nitrogens with zero attached hydrogens (tertiary/aromatic N) is 4. The van der Waals surface area contributed by atoms with E-state index < -0.39 is 0 Å². The van der Waals surface area contributed by atoms with Gasteiger partial charge in [0.05, 0.1) is 25.2 Å². The Kier molecular flexibility index (Phi) is 8.55. The van der Waals surface area contributed by atoms with E-state index in [1.54, 1.807) is 41.9 Å². The van der Waals surface area contributed by atoms with Crippen molar-refractivity contribution in [2.24, 2.45) is 0 Å². The largest absolute Gasteiger partial charge is 0.493 e. The molecule has 0 bridgehead atoms. The SMILES string of the molecule is CCCSc1nc(NC(C)C)c2cnn(CCNC(=O)COc3ccccc3OC)c2n1. The lowest BCUT2D eigenvalue weighted by Gasteiger charge is -2.12. The predicted octanol–water partition coefficient (Wildman–Crippen LogP) is 3.35. The van der Waals surface area contributed by atoms with E-state index in [0.717, 1.165) is 34.2 Å². The van der Waals surface area contributed by atoms with E-state index in [1.807, 2.05) is 12.1 Å². The van der Waals surface area contributed by atoms with Crippen LogP contribution in [0.15, 0.2) is 35.6 Å². The second kappa shape index (κ2) is 11.6. The highest BCUT2D eigenvalue weighted by atomic mass is 32.2. The number of hydrogen-bond donors (Lipinski definition) is 2. The van der Waals surface area contributed by atoms with Crippen LogP contribution in [0.3, 0.4) is 0 Å². The molecule has 32 heavy (non-hydrogen) atoms. The molecule has 0 radical (unpaired) electrons. The maximum absolute atomic E-state index is 12.2. The van der Waals surface area contributed by atoms with Crippen molar-refractivity contribution >= 4 is 34.5 Å². The first-order chi connectivity index (χ1) is 15.5. The number of methoxy groups -OCH3 is 1. The van der Waals surface area contributed by atoms with Gasteiger partial charge in [-0.05, 0) is 32.4 Å². The first-order valence-corrected chi connectivity index (χ1v) is 11.7. The zero-order valence-corrected chi connectivity index (χ0v) is 19.7. The van der Waals surface area contributed by atoms with Gasteiger partial charge in [0, 0.05) is 18.3 Å². The molecular weight excluding hydrogens is 428 g/mol. The Morgan fingerprint density at radius 1 is 1.22 bits per heavy atom. The van der Waals surface area contributed by atoms with Crippen LogP contribution in [0.5, 0.6) is 11.5 Å². The minimum Gasteiger partial charge on any atom is -0.493 e. The van der Waals surface area contributed by atoms with Gasteiger partial charge in [-0.1, -0.05) is 30.8 Å². The average molecular weight is 459 g/mol. The molecule has 0 saturated heterocycles. The third-order valence-corrected chi connectivity index (χ3v) is 5.46. The van der Waals surface area contributed by atoms with E-state index in [9.17, 15) is 4.79 Å². The second-order valence-corrected chi connectivity index (χ2v) is 8.46. The molecule has 3 rings (SSSR count). The van der Waals surface area contributed by atoms with E-state index in [0.29, 0.717) is 24.6 Å². The Balaban J connectivity index is 1.62. The van der Waals surface area contributed by atoms with Gasteiger partial charge in [-0.3, -0.25) is 4.79 Å². The number of para-hydroxylation sites is 2. The molecule has 172 valence electrons. The van der Waals surface area contributed by atoms with E-state index in [-0.39, 0.29) is 18.6 Å². The van der Waals surface area contributed by atoms with Crippen LogP contribution in [-0.2, 0) is 11.3 Å². The van der Waals surface area contributed by atoms with Crippen molar-refractivity contribution in [3.63, 3.8) is 0 Å². The highest BCUT2D eigenvalue weighted by Crippen LogP contribution is 2.26. The van der Waals surface area contributed by atoms with E-state index >= 15 is 0 Å². The number of fused-ring (bicyclic) bond motifs is 1. The Hall–Kier alpha value is -3.01. The summed E-state index contributed by atoms with van der Waals surface area (Å²) >= 11 is 1.62. The van der Waals surface area contributed by atoms with Crippen LogP contribution in [0, 0.1) is 0 Å². The number of anilines is 1. The van der Waals surface area contributed by atoms with Crippen molar-refractivity contribution < 1.29 is 14.3 Å². The first kappa shape index (κ1) is 23.6. The summed E-state index contributed by atoms with van der Waals surface area (Å²) in [7, 11) is 1.56. The normalized spacial score (nSPS) is 11.0. The molecule has 0 aliphatic heterocycles. The molecule has 0 unspecified atom stereocenters. The minimum atomic E-state index is -0.219. The molecule has 0 atom stereocenters. The number of carbonyl (C=O) groups is 1. The summed E-state index contributed by atoms with van der Waals surface area (Å²) in [6.45, 7) is 7.06. The van der Waals surface area contributed by atoms with Gasteiger partial charge in [-0.25, -0.2) is 14.6 Å². The molecule has 9 nitrogen and oxygen atoms in total. The quantitative estimate of drug-likeness (QED) is 0.315. The van der Waals surface area contributed by atoms with Crippen molar-refractivity contribution in [2.45, 2.75) is 44.9 Å². The molecule has 1 aromatic carbocycles. The summed E-state index contributed by atoms with van der Waals surface area (Å²) in [6.07, 6.45) is 2.81. The number of hydrogen-bond acceptors (Lipinski definition) is 8. The lowest BCUT2D eigenvalue weighted by molar-refractivity contribution is -0.123. The number of carbonyl (C=O) groups excluding carboxylic acids is 1. The molecular formula is C22H30N6O3S. The lowest BCUT2D eigenvalue weighted by atomic mass is 10.3. The monoisotopic (exact) mass is 458 g/mol. The molecule has 3 aromatic rings. The number of amides is 1. The van der Waals surface area contributed by atoms with E-state index in [2.05, 4.69) is 41.5 Å². The zero-order chi connectivity index (χ0) is 22.9. The van der Waals surface area contributed by atoms with Gasteiger partial charge in [0.2, 0.25) is 0 Å². The Labute approximate surface area is 192 Å². The summed E-state index contributed by atoms with van der Waals surface area (Å²) in [5.74, 6) is 2.63. The van der Waals surface area contributed by atoms with Crippen LogP contribution in [0.1, 0.15) is 27.2 Å². The fraction of sp³-hybridized carbons (Fsp3) is 0.455. The molecule has 0 saturated carbocycles. The second-order valence-electron chi connectivity index (χ2n) is 7.40. The number of nitrogens with one attached hydrogen (secondary N) is 2. The van der Waals surface area contributed by atoms with E-state index in [1.165, 1.54) is 0 Å². The van der Waals surface area contributed by atoms with Crippen LogP contribution in [0.4, 0.5) is 5.82 Å². The van der Waals surface area contributed by atoms with Crippen molar-refractivity contribution in [2.75, 3.05) is 31.3 Å². The summed E-state index contributed by atoms with van der Waals surface area (Å²) < 4.78 is 12.6. The third kappa shape index (κ3) is 6.25. The smallest absolute Gasteiger partial charge is 0.258 e. The average Bonchev–Trinajstić information content (AvgIpc) is 3.19. The maximum atomic E-state index is 12.2. The number of thioether (sulfide) groups is 1. The standard InChI is InChI=1S/C22H30N6O3S/c1-5-12-32-22-26-20(25-15(2)3)16-13-24-28(21(16)27-22)11-10-23-19(29)14-31-18-9-7-6-8-17(18)30-4/h6-9,13,15H,5,10-12,14H2,1-4H3,(H,23,29)(H,25,26,27). The number of ether oxygens (including phenoxy) is 2. The topological polar surface area (TPSA) is 103 Å². The van der Waals surface area contributed by atoms with Gasteiger partial charge in [-0.2, -0.15) is 5.10 Å². The highest BCUT2D eigenvalue weighted by molar-refractivity contribution is 7.99. The maximum Gasteiger partial charge on any atom is 0.258 e. The molecule has 0 aliphatic carbocycles. The summed E-state index contributed by atoms with van der Waals surface area (Å²) in [4.78, 5) is 21.6. The number of rotatable bonds is 12. The number of benzene rings is 1. The van der Waals surface area contributed by atoms with Crippen molar-refractivity contribution in [1.29, 1.82) is 0 Å². The zero-order valence-electron chi connectivity index (χ0n) is 18.9. The van der Waals surface area contributed by atoms with Gasteiger partial charge in [0.15, 0.2) is 28.9 Å². The molecule has 2 aromatic heterocycles. The molecule has 2 N–H and O–H groups in total. The number of aromatic nitrogens is 4. The van der Waals surface area contributed by atoms with Crippen LogP contribution < -0.4 is 20.1 Å².